The highest BCUT2D eigenvalue weighted by molar-refractivity contribution is 7.89. The van der Waals surface area contributed by atoms with Crippen molar-refractivity contribution in [2.45, 2.75) is 20.4 Å². The van der Waals surface area contributed by atoms with E-state index >= 15 is 0 Å². The van der Waals surface area contributed by atoms with Crippen molar-refractivity contribution in [3.8, 4) is 22.4 Å². The molecule has 4 aromatic rings. The molecule has 0 saturated carbocycles. The Hall–Kier alpha value is -3.07. The number of benzene rings is 2. The van der Waals surface area contributed by atoms with Crippen LogP contribution in [0.3, 0.4) is 0 Å². The highest BCUT2D eigenvalue weighted by Gasteiger charge is 2.27. The number of halogens is 1. The molecule has 6 nitrogen and oxygen atoms in total. The predicted molar refractivity (Wildman–Crippen MR) is 137 cm³/mol. The number of fused-ring (bicyclic) bond motifs is 1. The van der Waals surface area contributed by atoms with Crippen LogP contribution in [-0.4, -0.2) is 58.9 Å². The van der Waals surface area contributed by atoms with Crippen molar-refractivity contribution >= 4 is 15.7 Å². The molecule has 0 N–H and O–H groups in total. The Morgan fingerprint density at radius 1 is 0.914 bits per heavy atom. The van der Waals surface area contributed by atoms with E-state index in [1.165, 1.54) is 17.7 Å². The predicted octanol–water partition coefficient (Wildman–Crippen LogP) is 4.58. The van der Waals surface area contributed by atoms with Crippen LogP contribution in [0.4, 0.5) is 4.39 Å². The van der Waals surface area contributed by atoms with Gasteiger partial charge in [0.2, 0.25) is 10.0 Å². The lowest BCUT2D eigenvalue weighted by Gasteiger charge is -2.33. The molecule has 0 spiro atoms. The van der Waals surface area contributed by atoms with Gasteiger partial charge in [-0.3, -0.25) is 4.90 Å². The summed E-state index contributed by atoms with van der Waals surface area (Å²) in [5.74, 6) is -0.162. The molecule has 0 amide bonds. The van der Waals surface area contributed by atoms with Gasteiger partial charge in [-0.25, -0.2) is 17.8 Å². The molecule has 0 atom stereocenters. The summed E-state index contributed by atoms with van der Waals surface area (Å²) in [4.78, 5) is 7.17. The van der Waals surface area contributed by atoms with E-state index < -0.39 is 10.0 Å². The van der Waals surface area contributed by atoms with Crippen molar-refractivity contribution < 1.29 is 12.8 Å². The van der Waals surface area contributed by atoms with Crippen LogP contribution in [0.5, 0.6) is 0 Å². The van der Waals surface area contributed by atoms with E-state index in [0.29, 0.717) is 32.7 Å². The average molecular weight is 493 g/mol. The Kier molecular flexibility index (Phi) is 6.44. The molecule has 0 unspecified atom stereocenters. The largest absolute Gasteiger partial charge is 0.301 e. The Labute approximate surface area is 205 Å². The zero-order chi connectivity index (χ0) is 24.6. The first kappa shape index (κ1) is 23.7. The van der Waals surface area contributed by atoms with Gasteiger partial charge in [-0.1, -0.05) is 29.8 Å². The molecule has 2 aromatic heterocycles. The molecular formula is C27H29FN4O2S. The zero-order valence-corrected chi connectivity index (χ0v) is 20.8. The lowest BCUT2D eigenvalue weighted by molar-refractivity contribution is 0.180. The molecule has 0 radical (unpaired) electrons. The van der Waals surface area contributed by atoms with Gasteiger partial charge in [0.1, 0.15) is 11.5 Å². The highest BCUT2D eigenvalue weighted by atomic mass is 32.2. The second kappa shape index (κ2) is 9.53. The number of sulfonamides is 1. The van der Waals surface area contributed by atoms with Crippen LogP contribution in [0.2, 0.25) is 0 Å². The number of rotatable bonds is 6. The average Bonchev–Trinajstić information content (AvgIpc) is 3.22. The Bertz CT molecular complexity index is 1460. The molecule has 1 aliphatic heterocycles. The van der Waals surface area contributed by atoms with Crippen LogP contribution in [0.15, 0.2) is 66.9 Å². The fraction of sp³-hybridized carbons (Fsp3) is 0.296. The lowest BCUT2D eigenvalue weighted by atomic mass is 10.1. The standard InChI is InChI=1S/C27H29FN4O2S/c1-3-35(33,34)31-15-13-30(14-16-31)19-25-27(21-7-10-24(28)11-8-21)29-26-12-9-23(18-32(25)26)22-6-4-5-20(2)17-22/h4-12,17-18H,3,13-16,19H2,1-2H3. The van der Waals surface area contributed by atoms with Gasteiger partial charge in [-0.2, -0.15) is 4.31 Å². The van der Waals surface area contributed by atoms with Gasteiger partial charge >= 0.3 is 0 Å². The fourth-order valence-corrected chi connectivity index (χ4v) is 5.72. The molecule has 2 aromatic carbocycles. The molecule has 8 heteroatoms. The highest BCUT2D eigenvalue weighted by Crippen LogP contribution is 2.29. The summed E-state index contributed by atoms with van der Waals surface area (Å²) in [7, 11) is -3.18. The maximum atomic E-state index is 13.6. The van der Waals surface area contributed by atoms with Crippen molar-refractivity contribution in [3.05, 3.63) is 83.9 Å². The number of imidazole rings is 1. The lowest BCUT2D eigenvalue weighted by Crippen LogP contribution is -2.48. The van der Waals surface area contributed by atoms with E-state index in [0.717, 1.165) is 33.7 Å². The minimum Gasteiger partial charge on any atom is -0.301 e. The Morgan fingerprint density at radius 3 is 2.31 bits per heavy atom. The third-order valence-electron chi connectivity index (χ3n) is 6.65. The minimum atomic E-state index is -3.18. The summed E-state index contributed by atoms with van der Waals surface area (Å²) in [6.07, 6.45) is 2.11. The van der Waals surface area contributed by atoms with E-state index in [4.69, 9.17) is 4.98 Å². The van der Waals surface area contributed by atoms with E-state index in [-0.39, 0.29) is 11.6 Å². The zero-order valence-electron chi connectivity index (χ0n) is 20.0. The van der Waals surface area contributed by atoms with Crippen molar-refractivity contribution in [2.24, 2.45) is 0 Å². The number of piperazine rings is 1. The molecule has 1 fully saturated rings. The molecule has 0 aliphatic carbocycles. The number of hydrogen-bond donors (Lipinski definition) is 0. The normalized spacial score (nSPS) is 15.6. The SMILES string of the molecule is CCS(=O)(=O)N1CCN(Cc2c(-c3ccc(F)cc3)nc3ccc(-c4cccc(C)c4)cn23)CC1. The van der Waals surface area contributed by atoms with E-state index in [1.54, 1.807) is 23.4 Å². The number of aryl methyl sites for hydroxylation is 1. The quantitative estimate of drug-likeness (QED) is 0.395. The van der Waals surface area contributed by atoms with Crippen LogP contribution in [0, 0.1) is 12.7 Å². The van der Waals surface area contributed by atoms with E-state index in [9.17, 15) is 12.8 Å². The monoisotopic (exact) mass is 492 g/mol. The molecular weight excluding hydrogens is 463 g/mol. The first-order valence-corrected chi connectivity index (χ1v) is 13.5. The minimum absolute atomic E-state index is 0.122. The first-order chi connectivity index (χ1) is 16.8. The Morgan fingerprint density at radius 2 is 1.63 bits per heavy atom. The molecule has 0 bridgehead atoms. The van der Waals surface area contributed by atoms with Gasteiger partial charge in [-0.05, 0) is 61.4 Å². The summed E-state index contributed by atoms with van der Waals surface area (Å²) in [5.41, 5.74) is 6.92. The topological polar surface area (TPSA) is 57.9 Å². The van der Waals surface area contributed by atoms with Crippen molar-refractivity contribution in [1.29, 1.82) is 0 Å². The molecule has 3 heterocycles. The van der Waals surface area contributed by atoms with Crippen molar-refractivity contribution in [2.75, 3.05) is 31.9 Å². The third-order valence-corrected chi connectivity index (χ3v) is 8.53. The van der Waals surface area contributed by atoms with Gasteiger partial charge in [-0.15, -0.1) is 0 Å². The maximum Gasteiger partial charge on any atom is 0.213 e. The molecule has 1 saturated heterocycles. The van der Waals surface area contributed by atoms with Gasteiger partial charge in [0.25, 0.3) is 0 Å². The summed E-state index contributed by atoms with van der Waals surface area (Å²) >= 11 is 0. The maximum absolute atomic E-state index is 13.6. The second-order valence-corrected chi connectivity index (χ2v) is 11.3. The van der Waals surface area contributed by atoms with Crippen LogP contribution in [0.25, 0.3) is 28.0 Å². The van der Waals surface area contributed by atoms with Crippen LogP contribution in [-0.2, 0) is 16.6 Å². The molecule has 5 rings (SSSR count). The summed E-state index contributed by atoms with van der Waals surface area (Å²) in [6, 6.07) is 18.9. The molecule has 1 aliphatic rings. The summed E-state index contributed by atoms with van der Waals surface area (Å²) < 4.78 is 41.9. The van der Waals surface area contributed by atoms with E-state index in [1.807, 2.05) is 6.07 Å². The van der Waals surface area contributed by atoms with Gasteiger partial charge < -0.3 is 4.40 Å². The Balaban J connectivity index is 1.53. The van der Waals surface area contributed by atoms with Crippen molar-refractivity contribution in [1.82, 2.24) is 18.6 Å². The number of pyridine rings is 1. The van der Waals surface area contributed by atoms with Crippen LogP contribution >= 0.6 is 0 Å². The fourth-order valence-electron chi connectivity index (χ4n) is 4.64. The smallest absolute Gasteiger partial charge is 0.213 e. The summed E-state index contributed by atoms with van der Waals surface area (Å²) in [5, 5.41) is 0. The van der Waals surface area contributed by atoms with Crippen LogP contribution in [0.1, 0.15) is 18.2 Å². The number of hydrogen-bond acceptors (Lipinski definition) is 4. The summed E-state index contributed by atoms with van der Waals surface area (Å²) in [6.45, 7) is 6.63. The first-order valence-electron chi connectivity index (χ1n) is 11.9. The molecule has 35 heavy (non-hydrogen) atoms. The second-order valence-electron chi connectivity index (χ2n) is 9.01. The van der Waals surface area contributed by atoms with Crippen molar-refractivity contribution in [3.63, 3.8) is 0 Å². The van der Waals surface area contributed by atoms with Gasteiger partial charge in [0, 0.05) is 44.5 Å². The third kappa shape index (κ3) is 4.87. The molecule has 182 valence electrons. The number of aromatic nitrogens is 2. The van der Waals surface area contributed by atoms with Gasteiger partial charge in [0.15, 0.2) is 0 Å². The van der Waals surface area contributed by atoms with Crippen LogP contribution < -0.4 is 0 Å². The van der Waals surface area contributed by atoms with Gasteiger partial charge in [0.05, 0.1) is 17.1 Å². The number of nitrogens with zero attached hydrogens (tertiary/aromatic N) is 4. The van der Waals surface area contributed by atoms with E-state index in [2.05, 4.69) is 52.8 Å².